The van der Waals surface area contributed by atoms with Crippen molar-refractivity contribution >= 4 is 11.3 Å². The van der Waals surface area contributed by atoms with Gasteiger partial charge in [-0.1, -0.05) is 29.3 Å². The Morgan fingerprint density at radius 2 is 1.95 bits per heavy atom. The van der Waals surface area contributed by atoms with Gasteiger partial charge in [-0.15, -0.1) is 11.3 Å². The molecule has 1 aliphatic carbocycles. The molecule has 0 spiro atoms. The van der Waals surface area contributed by atoms with Gasteiger partial charge in [0.1, 0.15) is 0 Å². The Hall–Kier alpha value is -1.12. The predicted octanol–water partition coefficient (Wildman–Crippen LogP) is 5.09. The number of rotatable bonds is 3. The first-order valence-corrected chi connectivity index (χ1v) is 8.42. The van der Waals surface area contributed by atoms with Crippen LogP contribution in [-0.4, -0.2) is 0 Å². The van der Waals surface area contributed by atoms with Crippen LogP contribution in [0.4, 0.5) is 0 Å². The number of hydrogen-bond acceptors (Lipinski definition) is 2. The summed E-state index contributed by atoms with van der Waals surface area (Å²) >= 11 is 1.92. The summed E-state index contributed by atoms with van der Waals surface area (Å²) in [5.74, 6) is 0. The molecule has 20 heavy (non-hydrogen) atoms. The van der Waals surface area contributed by atoms with Crippen LogP contribution in [0, 0.1) is 13.8 Å². The minimum absolute atomic E-state index is 0.407. The van der Waals surface area contributed by atoms with Gasteiger partial charge in [0.2, 0.25) is 0 Å². The van der Waals surface area contributed by atoms with E-state index >= 15 is 0 Å². The Bertz CT molecular complexity index is 579. The molecule has 106 valence electrons. The van der Waals surface area contributed by atoms with E-state index in [1.54, 1.807) is 4.88 Å². The van der Waals surface area contributed by atoms with Crippen LogP contribution < -0.4 is 5.32 Å². The van der Waals surface area contributed by atoms with E-state index in [1.807, 2.05) is 11.3 Å². The number of nitrogens with one attached hydrogen (secondary N) is 1. The molecule has 1 heterocycles. The van der Waals surface area contributed by atoms with Gasteiger partial charge in [-0.2, -0.15) is 0 Å². The lowest BCUT2D eigenvalue weighted by atomic mass is 9.92. The maximum Gasteiger partial charge on any atom is 0.0336 e. The second kappa shape index (κ2) is 5.71. The Labute approximate surface area is 126 Å². The fraction of sp³-hybridized carbons (Fsp3) is 0.444. The molecular weight excluding hydrogens is 262 g/mol. The molecule has 2 aromatic rings. The van der Waals surface area contributed by atoms with Crippen molar-refractivity contribution in [1.29, 1.82) is 0 Å². The normalized spacial score (nSPS) is 19.6. The lowest BCUT2D eigenvalue weighted by Gasteiger charge is -2.27. The van der Waals surface area contributed by atoms with Gasteiger partial charge in [0.05, 0.1) is 0 Å². The molecule has 1 nitrogen and oxygen atoms in total. The molecule has 1 N–H and O–H groups in total. The van der Waals surface area contributed by atoms with E-state index in [0.29, 0.717) is 12.1 Å². The van der Waals surface area contributed by atoms with Gasteiger partial charge in [-0.3, -0.25) is 0 Å². The molecule has 0 aliphatic heterocycles. The van der Waals surface area contributed by atoms with Crippen LogP contribution in [0.15, 0.2) is 29.6 Å². The number of hydrogen-bond donors (Lipinski definition) is 1. The summed E-state index contributed by atoms with van der Waals surface area (Å²) in [5, 5.41) is 6.08. The van der Waals surface area contributed by atoms with E-state index in [9.17, 15) is 0 Å². The Kier molecular flexibility index (Phi) is 3.95. The molecule has 1 aliphatic rings. The first kappa shape index (κ1) is 13.8. The van der Waals surface area contributed by atoms with Crippen LogP contribution in [0.3, 0.4) is 0 Å². The van der Waals surface area contributed by atoms with E-state index < -0.39 is 0 Å². The smallest absolute Gasteiger partial charge is 0.0336 e. The lowest BCUT2D eigenvalue weighted by molar-refractivity contribution is 0.418. The quantitative estimate of drug-likeness (QED) is 0.828. The number of thiophene rings is 1. The summed E-state index contributed by atoms with van der Waals surface area (Å²) in [4.78, 5) is 1.58. The highest BCUT2D eigenvalue weighted by Crippen LogP contribution is 2.34. The van der Waals surface area contributed by atoms with Gasteiger partial charge in [0.25, 0.3) is 0 Å². The van der Waals surface area contributed by atoms with E-state index in [4.69, 9.17) is 0 Å². The highest BCUT2D eigenvalue weighted by atomic mass is 32.1. The van der Waals surface area contributed by atoms with E-state index in [0.717, 1.165) is 0 Å². The van der Waals surface area contributed by atoms with Crippen LogP contribution in [0.1, 0.15) is 59.0 Å². The number of benzene rings is 1. The van der Waals surface area contributed by atoms with Crippen LogP contribution in [0.5, 0.6) is 0 Å². The van der Waals surface area contributed by atoms with Crippen LogP contribution in [0.25, 0.3) is 0 Å². The highest BCUT2D eigenvalue weighted by molar-refractivity contribution is 7.10. The summed E-state index contributed by atoms with van der Waals surface area (Å²) in [5.41, 5.74) is 5.66. The zero-order valence-electron chi connectivity index (χ0n) is 12.6. The lowest BCUT2D eigenvalue weighted by Crippen LogP contribution is -2.27. The van der Waals surface area contributed by atoms with Crippen molar-refractivity contribution in [3.63, 3.8) is 0 Å². The molecule has 3 rings (SSSR count). The SMILES string of the molecule is Cc1cc(C)cc(C(C)NC2CCCc3sccc32)c1. The average Bonchev–Trinajstić information content (AvgIpc) is 2.87. The second-order valence-corrected chi connectivity index (χ2v) is 7.05. The third kappa shape index (κ3) is 2.82. The molecule has 1 aromatic carbocycles. The van der Waals surface area contributed by atoms with Crippen molar-refractivity contribution in [3.05, 3.63) is 56.8 Å². The molecule has 0 saturated heterocycles. The Morgan fingerprint density at radius 3 is 2.70 bits per heavy atom. The summed E-state index contributed by atoms with van der Waals surface area (Å²) < 4.78 is 0. The standard InChI is InChI=1S/C18H23NS/c1-12-9-13(2)11-15(10-12)14(3)19-17-5-4-6-18-16(17)7-8-20-18/h7-11,14,17,19H,4-6H2,1-3H3. The van der Waals surface area contributed by atoms with Crippen LogP contribution in [-0.2, 0) is 6.42 Å². The second-order valence-electron chi connectivity index (χ2n) is 6.05. The molecule has 0 amide bonds. The number of fused-ring (bicyclic) bond motifs is 1. The summed E-state index contributed by atoms with van der Waals surface area (Å²) in [7, 11) is 0. The van der Waals surface area contributed by atoms with Crippen molar-refractivity contribution in [2.75, 3.05) is 0 Å². The largest absolute Gasteiger partial charge is 0.303 e. The van der Waals surface area contributed by atoms with Gasteiger partial charge in [-0.25, -0.2) is 0 Å². The van der Waals surface area contributed by atoms with Gasteiger partial charge >= 0.3 is 0 Å². The minimum atomic E-state index is 0.407. The molecule has 0 bridgehead atoms. The van der Waals surface area contributed by atoms with Crippen LogP contribution in [0.2, 0.25) is 0 Å². The molecular formula is C18H23NS. The molecule has 2 unspecified atom stereocenters. The average molecular weight is 285 g/mol. The first-order valence-electron chi connectivity index (χ1n) is 7.54. The van der Waals surface area contributed by atoms with Crippen molar-refractivity contribution in [3.8, 4) is 0 Å². The number of aryl methyl sites for hydroxylation is 3. The van der Waals surface area contributed by atoms with Gasteiger partial charge < -0.3 is 5.32 Å². The van der Waals surface area contributed by atoms with Crippen molar-refractivity contribution in [2.45, 2.75) is 52.1 Å². The van der Waals surface area contributed by atoms with Crippen LogP contribution >= 0.6 is 11.3 Å². The summed E-state index contributed by atoms with van der Waals surface area (Å²) in [6, 6.07) is 10.1. The van der Waals surface area contributed by atoms with Gasteiger partial charge in [-0.05, 0) is 62.6 Å². The van der Waals surface area contributed by atoms with E-state index in [1.165, 1.54) is 41.5 Å². The Balaban J connectivity index is 1.78. The van der Waals surface area contributed by atoms with Crippen molar-refractivity contribution < 1.29 is 0 Å². The fourth-order valence-electron chi connectivity index (χ4n) is 3.32. The monoisotopic (exact) mass is 285 g/mol. The Morgan fingerprint density at radius 1 is 1.20 bits per heavy atom. The van der Waals surface area contributed by atoms with E-state index in [2.05, 4.69) is 55.7 Å². The van der Waals surface area contributed by atoms with Crippen molar-refractivity contribution in [1.82, 2.24) is 5.32 Å². The highest BCUT2D eigenvalue weighted by Gasteiger charge is 2.22. The topological polar surface area (TPSA) is 12.0 Å². The third-order valence-electron chi connectivity index (χ3n) is 4.25. The zero-order valence-corrected chi connectivity index (χ0v) is 13.4. The molecule has 2 heteroatoms. The maximum atomic E-state index is 3.84. The third-order valence-corrected chi connectivity index (χ3v) is 5.24. The summed E-state index contributed by atoms with van der Waals surface area (Å²) in [6.45, 7) is 6.65. The molecule has 2 atom stereocenters. The summed E-state index contributed by atoms with van der Waals surface area (Å²) in [6.07, 6.45) is 3.84. The minimum Gasteiger partial charge on any atom is -0.303 e. The molecule has 0 saturated carbocycles. The van der Waals surface area contributed by atoms with Gasteiger partial charge in [0, 0.05) is 17.0 Å². The fourth-order valence-corrected chi connectivity index (χ4v) is 4.30. The van der Waals surface area contributed by atoms with Crippen molar-refractivity contribution in [2.24, 2.45) is 0 Å². The molecule has 0 fully saturated rings. The maximum absolute atomic E-state index is 3.84. The molecule has 0 radical (unpaired) electrons. The molecule has 1 aromatic heterocycles. The van der Waals surface area contributed by atoms with E-state index in [-0.39, 0.29) is 0 Å². The predicted molar refractivity (Wildman–Crippen MR) is 87.5 cm³/mol. The zero-order chi connectivity index (χ0) is 14.1. The first-order chi connectivity index (χ1) is 9.63. The van der Waals surface area contributed by atoms with Gasteiger partial charge in [0.15, 0.2) is 0 Å².